The maximum atomic E-state index is 10.6. The molecule has 1 aliphatic rings. The van der Waals surface area contributed by atoms with Gasteiger partial charge in [0.1, 0.15) is 12.2 Å². The van der Waals surface area contributed by atoms with Gasteiger partial charge in [0.25, 0.3) is 5.69 Å². The van der Waals surface area contributed by atoms with Crippen molar-refractivity contribution in [3.8, 4) is 0 Å². The van der Waals surface area contributed by atoms with Crippen molar-refractivity contribution in [3.05, 3.63) is 75.8 Å². The predicted octanol–water partition coefficient (Wildman–Crippen LogP) is 3.25. The molecule has 1 aliphatic heterocycles. The number of rotatable bonds is 6. The largest absolute Gasteiger partial charge is 0.374 e. The first kappa shape index (κ1) is 13.7. The molecule has 5 heteroatoms. The molecule has 0 spiro atoms. The summed E-state index contributed by atoms with van der Waals surface area (Å²) in [6.45, 7) is 1.09. The number of non-ortho nitro benzene ring substituents is 1. The van der Waals surface area contributed by atoms with Gasteiger partial charge in [0.05, 0.1) is 18.1 Å². The van der Waals surface area contributed by atoms with E-state index in [0.29, 0.717) is 13.2 Å². The summed E-state index contributed by atoms with van der Waals surface area (Å²) in [4.78, 5) is 10.2. The van der Waals surface area contributed by atoms with Crippen molar-refractivity contribution in [2.24, 2.45) is 0 Å². The van der Waals surface area contributed by atoms with Gasteiger partial charge >= 0.3 is 0 Å². The smallest absolute Gasteiger partial charge is 0.269 e. The van der Waals surface area contributed by atoms with Crippen molar-refractivity contribution in [2.75, 3.05) is 6.61 Å². The molecule has 0 amide bonds. The van der Waals surface area contributed by atoms with Gasteiger partial charge in [-0.1, -0.05) is 30.3 Å². The number of nitro benzene ring substituents is 1. The molecule has 0 N–H and O–H groups in total. The molecule has 2 aromatic rings. The van der Waals surface area contributed by atoms with Gasteiger partial charge in [0.15, 0.2) is 0 Å². The second-order valence-corrected chi connectivity index (χ2v) is 4.94. The van der Waals surface area contributed by atoms with Crippen molar-refractivity contribution < 1.29 is 14.4 Å². The molecule has 0 aliphatic carbocycles. The topological polar surface area (TPSA) is 64.9 Å². The van der Waals surface area contributed by atoms with Crippen LogP contribution in [0.3, 0.4) is 0 Å². The Kier molecular flexibility index (Phi) is 3.94. The number of benzene rings is 2. The van der Waals surface area contributed by atoms with Crippen LogP contribution in [-0.4, -0.2) is 17.6 Å². The van der Waals surface area contributed by atoms with Gasteiger partial charge in [-0.25, -0.2) is 0 Å². The molecular formula is C16H15NO4. The zero-order valence-corrected chi connectivity index (χ0v) is 11.3. The monoisotopic (exact) mass is 285 g/mol. The van der Waals surface area contributed by atoms with Crippen molar-refractivity contribution in [2.45, 2.75) is 18.8 Å². The lowest BCUT2D eigenvalue weighted by atomic mass is 10.1. The highest BCUT2D eigenvalue weighted by Gasteiger charge is 2.40. The summed E-state index contributed by atoms with van der Waals surface area (Å²) in [7, 11) is 0. The normalized spacial score (nSPS) is 20.2. The van der Waals surface area contributed by atoms with Gasteiger partial charge < -0.3 is 9.47 Å². The van der Waals surface area contributed by atoms with Gasteiger partial charge in [-0.2, -0.15) is 0 Å². The van der Waals surface area contributed by atoms with E-state index in [1.807, 2.05) is 30.3 Å². The minimum absolute atomic E-state index is 0.0124. The first-order valence-corrected chi connectivity index (χ1v) is 6.75. The van der Waals surface area contributed by atoms with E-state index in [9.17, 15) is 10.1 Å². The summed E-state index contributed by atoms with van der Waals surface area (Å²) in [5.41, 5.74) is 2.18. The molecule has 0 aromatic heterocycles. The van der Waals surface area contributed by atoms with Crippen LogP contribution in [0.2, 0.25) is 0 Å². The Hall–Kier alpha value is -2.24. The Bertz CT molecular complexity index is 612. The zero-order chi connectivity index (χ0) is 14.7. The number of nitro groups is 1. The van der Waals surface area contributed by atoms with Crippen LogP contribution >= 0.6 is 0 Å². The number of nitrogens with zero attached hydrogens (tertiary/aromatic N) is 1. The van der Waals surface area contributed by atoms with Crippen molar-refractivity contribution >= 4 is 5.69 Å². The molecule has 3 rings (SSSR count). The molecule has 1 saturated heterocycles. The van der Waals surface area contributed by atoms with Crippen LogP contribution in [0.15, 0.2) is 54.6 Å². The molecule has 0 unspecified atom stereocenters. The Morgan fingerprint density at radius 2 is 1.81 bits per heavy atom. The lowest BCUT2D eigenvalue weighted by Crippen LogP contribution is -2.02. The van der Waals surface area contributed by atoms with Gasteiger partial charge in [0.2, 0.25) is 0 Å². The molecule has 108 valence electrons. The summed E-state index contributed by atoms with van der Waals surface area (Å²) >= 11 is 0. The third-order valence-electron chi connectivity index (χ3n) is 3.41. The van der Waals surface area contributed by atoms with Crippen molar-refractivity contribution in [1.29, 1.82) is 0 Å². The highest BCUT2D eigenvalue weighted by molar-refractivity contribution is 5.35. The summed E-state index contributed by atoms with van der Waals surface area (Å²) < 4.78 is 11.2. The summed E-state index contributed by atoms with van der Waals surface area (Å²) in [6, 6.07) is 16.4. The second-order valence-electron chi connectivity index (χ2n) is 4.94. The average molecular weight is 285 g/mol. The minimum Gasteiger partial charge on any atom is -0.374 e. The first-order chi connectivity index (χ1) is 10.2. The Balaban J connectivity index is 1.47. The molecule has 2 atom stereocenters. The molecule has 2 aromatic carbocycles. The molecule has 21 heavy (non-hydrogen) atoms. The van der Waals surface area contributed by atoms with E-state index in [1.165, 1.54) is 12.1 Å². The van der Waals surface area contributed by atoms with Crippen LogP contribution in [0.5, 0.6) is 0 Å². The van der Waals surface area contributed by atoms with E-state index in [2.05, 4.69) is 0 Å². The maximum absolute atomic E-state index is 10.6. The number of hydrogen-bond acceptors (Lipinski definition) is 4. The van der Waals surface area contributed by atoms with Crippen LogP contribution in [0, 0.1) is 10.1 Å². The minimum atomic E-state index is -0.405. The highest BCUT2D eigenvalue weighted by atomic mass is 16.6. The first-order valence-electron chi connectivity index (χ1n) is 6.75. The molecule has 0 saturated carbocycles. The Morgan fingerprint density at radius 3 is 2.48 bits per heavy atom. The highest BCUT2D eigenvalue weighted by Crippen LogP contribution is 2.39. The van der Waals surface area contributed by atoms with Crippen LogP contribution < -0.4 is 0 Å². The van der Waals surface area contributed by atoms with Gasteiger partial charge in [-0.3, -0.25) is 10.1 Å². The average Bonchev–Trinajstić information content (AvgIpc) is 3.28. The van der Waals surface area contributed by atoms with Crippen LogP contribution in [0.25, 0.3) is 0 Å². The molecule has 1 heterocycles. The van der Waals surface area contributed by atoms with E-state index >= 15 is 0 Å². The number of epoxide rings is 1. The fourth-order valence-corrected chi connectivity index (χ4v) is 2.22. The fraction of sp³-hybridized carbons (Fsp3) is 0.250. The summed E-state index contributed by atoms with van der Waals surface area (Å²) in [6.07, 6.45) is 0.0248. The van der Waals surface area contributed by atoms with E-state index in [4.69, 9.17) is 9.47 Å². The summed E-state index contributed by atoms with van der Waals surface area (Å²) in [5.74, 6) is 0. The third-order valence-corrected chi connectivity index (χ3v) is 3.41. The van der Waals surface area contributed by atoms with Crippen molar-refractivity contribution in [3.63, 3.8) is 0 Å². The standard InChI is InChI=1S/C16H15NO4/c18-17(19)14-8-6-13(7-9-14)16-15(21-16)11-20-10-12-4-2-1-3-5-12/h1-9,15-16H,10-11H2/t15-,16-/m1/s1. The predicted molar refractivity (Wildman–Crippen MR) is 76.8 cm³/mol. The van der Waals surface area contributed by atoms with E-state index in [1.54, 1.807) is 12.1 Å². The van der Waals surface area contributed by atoms with Crippen LogP contribution in [0.4, 0.5) is 5.69 Å². The lowest BCUT2D eigenvalue weighted by molar-refractivity contribution is -0.384. The quantitative estimate of drug-likeness (QED) is 0.464. The van der Waals surface area contributed by atoms with Crippen molar-refractivity contribution in [1.82, 2.24) is 0 Å². The number of ether oxygens (including phenoxy) is 2. The van der Waals surface area contributed by atoms with Gasteiger partial charge in [-0.05, 0) is 23.3 Å². The second kappa shape index (κ2) is 6.03. The molecule has 1 fully saturated rings. The third kappa shape index (κ3) is 3.45. The maximum Gasteiger partial charge on any atom is 0.269 e. The van der Waals surface area contributed by atoms with Gasteiger partial charge in [0, 0.05) is 12.1 Å². The fourth-order valence-electron chi connectivity index (χ4n) is 2.22. The SMILES string of the molecule is O=[N+]([O-])c1ccc([C@H]2O[C@@H]2COCc2ccccc2)cc1. The lowest BCUT2D eigenvalue weighted by Gasteiger charge is -2.02. The van der Waals surface area contributed by atoms with E-state index in [-0.39, 0.29) is 17.9 Å². The van der Waals surface area contributed by atoms with Crippen LogP contribution in [0.1, 0.15) is 17.2 Å². The molecular weight excluding hydrogens is 270 g/mol. The summed E-state index contributed by atoms with van der Waals surface area (Å²) in [5, 5.41) is 10.6. The molecule has 0 radical (unpaired) electrons. The Morgan fingerprint density at radius 1 is 1.10 bits per heavy atom. The molecule has 0 bridgehead atoms. The Labute approximate surface area is 122 Å². The van der Waals surface area contributed by atoms with E-state index < -0.39 is 4.92 Å². The van der Waals surface area contributed by atoms with E-state index in [0.717, 1.165) is 11.1 Å². The molecule has 5 nitrogen and oxygen atoms in total. The number of hydrogen-bond donors (Lipinski definition) is 0. The zero-order valence-electron chi connectivity index (χ0n) is 11.3. The van der Waals surface area contributed by atoms with Crippen LogP contribution in [-0.2, 0) is 16.1 Å². The van der Waals surface area contributed by atoms with Gasteiger partial charge in [-0.15, -0.1) is 0 Å².